The average molecular weight is 531 g/mol. The fraction of sp³-hybridized carbons (Fsp3) is 0.567. The van der Waals surface area contributed by atoms with Gasteiger partial charge in [-0.1, -0.05) is 53.7 Å². The molecule has 1 aliphatic carbocycles. The molecule has 38 heavy (non-hydrogen) atoms. The molecule has 7 nitrogen and oxygen atoms in total. The number of ether oxygens (including phenoxy) is 3. The first-order valence-corrected chi connectivity index (χ1v) is 13.4. The number of hydrogen-bond donors (Lipinski definition) is 1. The van der Waals surface area contributed by atoms with Gasteiger partial charge in [-0.15, -0.1) is 0 Å². The van der Waals surface area contributed by atoms with Crippen molar-refractivity contribution in [1.82, 2.24) is 4.57 Å². The van der Waals surface area contributed by atoms with Crippen LogP contribution in [0.15, 0.2) is 40.6 Å². The third-order valence-electron chi connectivity index (χ3n) is 6.82. The lowest BCUT2D eigenvalue weighted by Crippen LogP contribution is -2.33. The summed E-state index contributed by atoms with van der Waals surface area (Å²) in [5.74, 6) is -1.69. The fourth-order valence-corrected chi connectivity index (χ4v) is 4.78. The quantitative estimate of drug-likeness (QED) is 0.246. The van der Waals surface area contributed by atoms with Crippen LogP contribution in [-0.4, -0.2) is 43.2 Å². The lowest BCUT2D eigenvalue weighted by molar-refractivity contribution is 0.0522. The van der Waals surface area contributed by atoms with E-state index < -0.39 is 17.2 Å². The topological polar surface area (TPSA) is 90.6 Å². The van der Waals surface area contributed by atoms with Crippen LogP contribution in [-0.2, 0) is 14.2 Å². The van der Waals surface area contributed by atoms with Gasteiger partial charge in [0.05, 0.1) is 18.9 Å². The highest BCUT2D eigenvalue weighted by molar-refractivity contribution is 6.16. The summed E-state index contributed by atoms with van der Waals surface area (Å²) in [7, 11) is 1.62. The summed E-state index contributed by atoms with van der Waals surface area (Å²) in [5, 5.41) is 8.95. The Hall–Kier alpha value is -3.00. The van der Waals surface area contributed by atoms with E-state index in [9.17, 15) is 9.59 Å². The Labute approximate surface area is 225 Å². The van der Waals surface area contributed by atoms with Crippen molar-refractivity contribution in [3.63, 3.8) is 0 Å². The van der Waals surface area contributed by atoms with E-state index in [4.69, 9.17) is 19.6 Å². The summed E-state index contributed by atoms with van der Waals surface area (Å²) in [6, 6.07) is -0.248. The van der Waals surface area contributed by atoms with Gasteiger partial charge in [0.2, 0.25) is 5.43 Å². The maximum absolute atomic E-state index is 16.3. The number of nitrogens with zero attached hydrogens (tertiary/aromatic N) is 1. The lowest BCUT2D eigenvalue weighted by Gasteiger charge is -2.36. The number of pyridine rings is 1. The summed E-state index contributed by atoms with van der Waals surface area (Å²) < 4.78 is 34.0. The minimum Gasteiger partial charge on any atom is -0.491 e. The molecule has 1 N–H and O–H groups in total. The van der Waals surface area contributed by atoms with Crippen molar-refractivity contribution in [1.29, 1.82) is 5.41 Å². The van der Waals surface area contributed by atoms with Crippen LogP contribution in [0.2, 0.25) is 0 Å². The number of esters is 1. The van der Waals surface area contributed by atoms with Crippen LogP contribution >= 0.6 is 0 Å². The molecule has 0 saturated carbocycles. The average Bonchev–Trinajstić information content (AvgIpc) is 2.86. The van der Waals surface area contributed by atoms with E-state index in [-0.39, 0.29) is 41.0 Å². The molecule has 1 aliphatic rings. The Bertz CT molecular complexity index is 1170. The van der Waals surface area contributed by atoms with Crippen LogP contribution in [0.3, 0.4) is 0 Å². The highest BCUT2D eigenvalue weighted by atomic mass is 19.1. The molecule has 0 aromatic carbocycles. The van der Waals surface area contributed by atoms with Gasteiger partial charge in [0, 0.05) is 37.9 Å². The van der Waals surface area contributed by atoms with E-state index in [0.717, 1.165) is 0 Å². The second kappa shape index (κ2) is 13.7. The highest BCUT2D eigenvalue weighted by Crippen LogP contribution is 2.40. The Morgan fingerprint density at radius 1 is 1.16 bits per heavy atom. The zero-order valence-electron chi connectivity index (χ0n) is 24.1. The maximum Gasteiger partial charge on any atom is 0.343 e. The number of halogens is 1. The molecule has 0 spiro atoms. The molecule has 1 aromatic rings. The molecule has 210 valence electrons. The number of carbonyl (C=O) groups is 1. The van der Waals surface area contributed by atoms with Crippen LogP contribution in [0.4, 0.5) is 4.39 Å². The van der Waals surface area contributed by atoms with Crippen LogP contribution in [0.5, 0.6) is 0 Å². The second-order valence-electron chi connectivity index (χ2n) is 10.5. The van der Waals surface area contributed by atoms with Crippen molar-refractivity contribution < 1.29 is 23.4 Å². The van der Waals surface area contributed by atoms with E-state index >= 15 is 4.39 Å². The molecular weight excluding hydrogens is 487 g/mol. The number of aromatic nitrogens is 1. The predicted molar refractivity (Wildman–Crippen MR) is 149 cm³/mol. The first-order valence-electron chi connectivity index (χ1n) is 13.4. The van der Waals surface area contributed by atoms with Crippen molar-refractivity contribution in [3.8, 4) is 0 Å². The Morgan fingerprint density at radius 2 is 1.84 bits per heavy atom. The Balaban J connectivity index is 2.89. The predicted octanol–water partition coefficient (Wildman–Crippen LogP) is 6.49. The van der Waals surface area contributed by atoms with Gasteiger partial charge in [-0.05, 0) is 42.7 Å². The van der Waals surface area contributed by atoms with Crippen molar-refractivity contribution in [2.75, 3.05) is 26.9 Å². The number of allylic oxidation sites excluding steroid dienone is 5. The number of methoxy groups -OCH3 is 1. The van der Waals surface area contributed by atoms with Gasteiger partial charge in [0.25, 0.3) is 0 Å². The molecule has 8 heteroatoms. The SMILES string of the molecule is CCOC(=O)c1cn(C(CC)C(C)(C)C)c(/C(=C2\C=CC=C(OCCCOC)C2=N)C(C)CC)c(F)c1=O. The van der Waals surface area contributed by atoms with E-state index in [1.807, 2.05) is 41.5 Å². The summed E-state index contributed by atoms with van der Waals surface area (Å²) >= 11 is 0. The third kappa shape index (κ3) is 6.90. The second-order valence-corrected chi connectivity index (χ2v) is 10.5. The zero-order valence-corrected chi connectivity index (χ0v) is 24.1. The van der Waals surface area contributed by atoms with Gasteiger partial charge in [-0.2, -0.15) is 0 Å². The molecule has 0 bridgehead atoms. The number of hydrogen-bond acceptors (Lipinski definition) is 6. The third-order valence-corrected chi connectivity index (χ3v) is 6.82. The van der Waals surface area contributed by atoms with Crippen molar-refractivity contribution in [2.24, 2.45) is 11.3 Å². The minimum atomic E-state index is -1.01. The molecular formula is C30H43FN2O5. The van der Waals surface area contributed by atoms with Gasteiger partial charge in [-0.25, -0.2) is 9.18 Å². The molecule has 0 saturated heterocycles. The molecule has 2 unspecified atom stereocenters. The molecule has 0 aliphatic heterocycles. The summed E-state index contributed by atoms with van der Waals surface area (Å²) in [6.45, 7) is 14.7. The van der Waals surface area contributed by atoms with Crippen molar-refractivity contribution >= 4 is 17.3 Å². The van der Waals surface area contributed by atoms with Crippen LogP contribution in [0, 0.1) is 22.6 Å². The summed E-state index contributed by atoms with van der Waals surface area (Å²) in [4.78, 5) is 25.9. The van der Waals surface area contributed by atoms with Gasteiger partial charge < -0.3 is 18.8 Å². The standard InChI is InChI=1S/C30H43FN2O5/c1-9-19(4)24(20-14-12-15-22(26(20)32)38-17-13-16-36-8)27-25(31)28(34)21(29(35)37-11-3)18-33(27)23(10-2)30(5,6)7/h12,14-15,18-19,23,32H,9-11,13,16-17H2,1-8H3/b24-20+,32-26?. The number of nitrogens with one attached hydrogen (secondary N) is 1. The smallest absolute Gasteiger partial charge is 0.343 e. The summed E-state index contributed by atoms with van der Waals surface area (Å²) in [5.41, 5.74) is -0.413. The first-order chi connectivity index (χ1) is 17.9. The molecule has 2 atom stereocenters. The van der Waals surface area contributed by atoms with Crippen molar-refractivity contribution in [3.05, 3.63) is 63.1 Å². The molecule has 1 heterocycles. The van der Waals surface area contributed by atoms with E-state index in [1.165, 1.54) is 6.20 Å². The van der Waals surface area contributed by atoms with E-state index in [1.54, 1.807) is 36.8 Å². The number of carbonyl (C=O) groups excluding carboxylic acids is 1. The zero-order chi connectivity index (χ0) is 28.6. The molecule has 2 rings (SSSR count). The maximum atomic E-state index is 16.3. The normalized spacial score (nSPS) is 16.7. The van der Waals surface area contributed by atoms with Crippen LogP contribution in [0.25, 0.3) is 5.57 Å². The largest absolute Gasteiger partial charge is 0.491 e. The van der Waals surface area contributed by atoms with Gasteiger partial charge in [0.1, 0.15) is 17.0 Å². The Kier molecular flexibility index (Phi) is 11.2. The molecule has 0 fully saturated rings. The van der Waals surface area contributed by atoms with Gasteiger partial charge in [0.15, 0.2) is 5.82 Å². The van der Waals surface area contributed by atoms with Crippen molar-refractivity contribution in [2.45, 2.75) is 73.8 Å². The fourth-order valence-electron chi connectivity index (χ4n) is 4.78. The number of rotatable bonds is 12. The molecule has 0 amide bonds. The Morgan fingerprint density at radius 3 is 2.39 bits per heavy atom. The van der Waals surface area contributed by atoms with E-state index in [2.05, 4.69) is 0 Å². The monoisotopic (exact) mass is 530 g/mol. The van der Waals surface area contributed by atoms with E-state index in [0.29, 0.717) is 49.4 Å². The lowest BCUT2D eigenvalue weighted by atomic mass is 9.82. The van der Waals surface area contributed by atoms with Gasteiger partial charge in [-0.3, -0.25) is 10.2 Å². The van der Waals surface area contributed by atoms with Gasteiger partial charge >= 0.3 is 5.97 Å². The van der Waals surface area contributed by atoms with Crippen LogP contribution < -0.4 is 5.43 Å². The first kappa shape index (κ1) is 31.2. The molecule has 1 aromatic heterocycles. The summed E-state index contributed by atoms with van der Waals surface area (Å²) in [6.07, 6.45) is 8.63. The highest BCUT2D eigenvalue weighted by Gasteiger charge is 2.34. The minimum absolute atomic E-state index is 0.0712. The van der Waals surface area contributed by atoms with Crippen LogP contribution in [0.1, 0.15) is 89.8 Å². The molecule has 0 radical (unpaired) electrons.